The number of nitrogens with one attached hydrogen (secondary N) is 1. The van der Waals surface area contributed by atoms with Crippen LogP contribution in [0, 0.1) is 11.1 Å². The van der Waals surface area contributed by atoms with E-state index in [0.717, 1.165) is 5.56 Å². The zero-order valence-corrected chi connectivity index (χ0v) is 11.9. The topological polar surface area (TPSA) is 64.9 Å². The van der Waals surface area contributed by atoms with E-state index in [1.807, 2.05) is 36.4 Å². The molecule has 0 spiro atoms. The quantitative estimate of drug-likeness (QED) is 0.672. The molecule has 5 nitrogen and oxygen atoms in total. The maximum absolute atomic E-state index is 12.6. The monoisotopic (exact) mass is 296 g/mol. The largest absolute Gasteiger partial charge is 0.625 e. The Bertz CT molecular complexity index is 673. The van der Waals surface area contributed by atoms with Crippen molar-refractivity contribution < 1.29 is 14.7 Å². The summed E-state index contributed by atoms with van der Waals surface area (Å²) in [6.07, 6.45) is 0.258. The van der Waals surface area contributed by atoms with Crippen LogP contribution in [0.1, 0.15) is 5.56 Å². The Balaban J connectivity index is 1.88. The minimum atomic E-state index is -0.927. The third kappa shape index (κ3) is 2.77. The van der Waals surface area contributed by atoms with Gasteiger partial charge < -0.3 is 5.21 Å². The van der Waals surface area contributed by atoms with Crippen molar-refractivity contribution in [1.82, 2.24) is 0 Å². The Kier molecular flexibility index (Phi) is 4.00. The van der Waals surface area contributed by atoms with Gasteiger partial charge in [0.1, 0.15) is 0 Å². The van der Waals surface area contributed by atoms with Gasteiger partial charge in [0.15, 0.2) is 12.6 Å². The SMILES string of the molecule is O=C1C(Cc2ccccc2)C(=O)[NH+]([O-])CN1c1ccccc1. The second kappa shape index (κ2) is 6.09. The summed E-state index contributed by atoms with van der Waals surface area (Å²) < 4.78 is 0. The van der Waals surface area contributed by atoms with Crippen molar-refractivity contribution in [2.75, 3.05) is 11.6 Å². The second-order valence-corrected chi connectivity index (χ2v) is 5.29. The van der Waals surface area contributed by atoms with E-state index in [1.165, 1.54) is 4.90 Å². The van der Waals surface area contributed by atoms with Crippen molar-refractivity contribution in [2.24, 2.45) is 5.92 Å². The van der Waals surface area contributed by atoms with E-state index in [4.69, 9.17) is 0 Å². The summed E-state index contributed by atoms with van der Waals surface area (Å²) in [5, 5.41) is 11.5. The summed E-state index contributed by atoms with van der Waals surface area (Å²) in [6, 6.07) is 18.3. The van der Waals surface area contributed by atoms with Gasteiger partial charge in [0.2, 0.25) is 5.91 Å². The third-order valence-corrected chi connectivity index (χ3v) is 3.81. The van der Waals surface area contributed by atoms with Crippen LogP contribution in [0.5, 0.6) is 0 Å². The molecule has 1 heterocycles. The standard InChI is InChI=1S/C17H16N2O3/c20-16-15(11-13-7-3-1-4-8-13)17(21)19(22)12-18(16)14-9-5-2-6-10-14/h1-10,15,19H,11-12H2. The third-order valence-electron chi connectivity index (χ3n) is 3.81. The number of anilines is 1. The van der Waals surface area contributed by atoms with Gasteiger partial charge in [-0.05, 0) is 24.1 Å². The van der Waals surface area contributed by atoms with Gasteiger partial charge in [-0.2, -0.15) is 0 Å². The number of rotatable bonds is 3. The van der Waals surface area contributed by atoms with Crippen LogP contribution in [0.25, 0.3) is 0 Å². The molecular weight excluding hydrogens is 280 g/mol. The lowest BCUT2D eigenvalue weighted by molar-refractivity contribution is -0.767. The summed E-state index contributed by atoms with van der Waals surface area (Å²) in [4.78, 5) is 26.2. The van der Waals surface area contributed by atoms with Crippen LogP contribution in [-0.2, 0) is 16.0 Å². The Hall–Kier alpha value is -2.50. The minimum absolute atomic E-state index is 0.174. The smallest absolute Gasteiger partial charge is 0.326 e. The number of quaternary nitrogens is 1. The number of benzene rings is 2. The average molecular weight is 296 g/mol. The Morgan fingerprint density at radius 3 is 2.23 bits per heavy atom. The number of hydroxylamine groups is 2. The van der Waals surface area contributed by atoms with E-state index in [9.17, 15) is 14.8 Å². The first-order valence-corrected chi connectivity index (χ1v) is 7.14. The molecular formula is C17H16N2O3. The highest BCUT2D eigenvalue weighted by Crippen LogP contribution is 2.19. The van der Waals surface area contributed by atoms with E-state index < -0.39 is 16.9 Å². The number of carbonyl (C=O) groups excluding carboxylic acids is 2. The molecule has 0 aromatic heterocycles. The van der Waals surface area contributed by atoms with Crippen LogP contribution in [0.15, 0.2) is 60.7 Å². The summed E-state index contributed by atoms with van der Waals surface area (Å²) in [7, 11) is 0. The highest BCUT2D eigenvalue weighted by Gasteiger charge is 2.41. The van der Waals surface area contributed by atoms with E-state index in [0.29, 0.717) is 5.69 Å². The molecule has 1 fully saturated rings. The normalized spacial score (nSPS) is 22.0. The Labute approximate surface area is 128 Å². The molecule has 2 amide bonds. The molecule has 1 saturated heterocycles. The van der Waals surface area contributed by atoms with E-state index in [-0.39, 0.29) is 19.0 Å². The molecule has 5 heteroatoms. The molecule has 0 saturated carbocycles. The fourth-order valence-corrected chi connectivity index (χ4v) is 2.65. The van der Waals surface area contributed by atoms with Crippen LogP contribution in [0.2, 0.25) is 0 Å². The highest BCUT2D eigenvalue weighted by molar-refractivity contribution is 6.07. The van der Waals surface area contributed by atoms with Crippen molar-refractivity contribution in [3.8, 4) is 0 Å². The van der Waals surface area contributed by atoms with Gasteiger partial charge in [0.25, 0.3) is 0 Å². The molecule has 22 heavy (non-hydrogen) atoms. The van der Waals surface area contributed by atoms with Crippen LogP contribution in [-0.4, -0.2) is 18.5 Å². The van der Waals surface area contributed by atoms with Crippen molar-refractivity contribution in [3.05, 3.63) is 71.4 Å². The molecule has 1 aliphatic heterocycles. The van der Waals surface area contributed by atoms with Crippen LogP contribution in [0.3, 0.4) is 0 Å². The van der Waals surface area contributed by atoms with E-state index >= 15 is 0 Å². The van der Waals surface area contributed by atoms with Crippen molar-refractivity contribution in [2.45, 2.75) is 6.42 Å². The summed E-state index contributed by atoms with van der Waals surface area (Å²) in [5.41, 5.74) is 1.52. The maximum atomic E-state index is 12.6. The number of carbonyl (C=O) groups is 2. The molecule has 112 valence electrons. The molecule has 1 N–H and O–H groups in total. The predicted molar refractivity (Wildman–Crippen MR) is 81.8 cm³/mol. The molecule has 2 aromatic rings. The molecule has 3 rings (SSSR count). The first kappa shape index (κ1) is 14.4. The summed E-state index contributed by atoms with van der Waals surface area (Å²) in [5.74, 6) is -1.82. The average Bonchev–Trinajstić information content (AvgIpc) is 2.57. The predicted octanol–water partition coefficient (Wildman–Crippen LogP) is 0.759. The summed E-state index contributed by atoms with van der Waals surface area (Å²) in [6.45, 7) is -0.174. The molecule has 1 aliphatic rings. The van der Waals surface area contributed by atoms with Crippen molar-refractivity contribution in [3.63, 3.8) is 0 Å². The maximum Gasteiger partial charge on any atom is 0.326 e. The lowest BCUT2D eigenvalue weighted by Gasteiger charge is -2.36. The number of hydrogen-bond acceptors (Lipinski definition) is 3. The van der Waals surface area contributed by atoms with Gasteiger partial charge in [-0.3, -0.25) is 14.8 Å². The second-order valence-electron chi connectivity index (χ2n) is 5.29. The fraction of sp³-hybridized carbons (Fsp3) is 0.176. The highest BCUT2D eigenvalue weighted by atomic mass is 16.5. The molecule has 2 aromatic carbocycles. The summed E-state index contributed by atoms with van der Waals surface area (Å²) >= 11 is 0. The number of hydrogen-bond donors (Lipinski definition) is 1. The van der Waals surface area contributed by atoms with Gasteiger partial charge in [-0.25, -0.2) is 4.79 Å². The molecule has 0 bridgehead atoms. The lowest BCUT2D eigenvalue weighted by Crippen LogP contribution is -3.14. The molecule has 0 radical (unpaired) electrons. The Morgan fingerprint density at radius 1 is 1.00 bits per heavy atom. The van der Waals surface area contributed by atoms with Gasteiger partial charge in [-0.15, -0.1) is 0 Å². The van der Waals surface area contributed by atoms with Crippen LogP contribution < -0.4 is 9.96 Å². The van der Waals surface area contributed by atoms with Crippen molar-refractivity contribution in [1.29, 1.82) is 0 Å². The first-order chi connectivity index (χ1) is 10.7. The number of amides is 2. The zero-order valence-electron chi connectivity index (χ0n) is 11.9. The molecule has 2 unspecified atom stereocenters. The van der Waals surface area contributed by atoms with Crippen LogP contribution >= 0.6 is 0 Å². The Morgan fingerprint density at radius 2 is 1.59 bits per heavy atom. The first-order valence-electron chi connectivity index (χ1n) is 7.14. The van der Waals surface area contributed by atoms with E-state index in [2.05, 4.69) is 0 Å². The molecule has 0 aliphatic carbocycles. The fourth-order valence-electron chi connectivity index (χ4n) is 2.65. The molecule has 2 atom stereocenters. The number of nitrogens with zero attached hydrogens (tertiary/aromatic N) is 1. The minimum Gasteiger partial charge on any atom is -0.625 e. The number of para-hydroxylation sites is 1. The van der Waals surface area contributed by atoms with Gasteiger partial charge >= 0.3 is 5.91 Å². The van der Waals surface area contributed by atoms with Crippen molar-refractivity contribution >= 4 is 17.5 Å². The van der Waals surface area contributed by atoms with Crippen LogP contribution in [0.4, 0.5) is 5.69 Å². The lowest BCUT2D eigenvalue weighted by atomic mass is 9.95. The van der Waals surface area contributed by atoms with Gasteiger partial charge in [0.05, 0.1) is 0 Å². The van der Waals surface area contributed by atoms with Gasteiger partial charge in [0, 0.05) is 5.69 Å². The van der Waals surface area contributed by atoms with E-state index in [1.54, 1.807) is 24.3 Å². The van der Waals surface area contributed by atoms with Gasteiger partial charge in [-0.1, -0.05) is 48.5 Å². The zero-order chi connectivity index (χ0) is 15.5.